The maximum Gasteiger partial charge on any atom is 0.169 e. The molecule has 0 atom stereocenters. The highest BCUT2D eigenvalue weighted by atomic mass is 79.9. The van der Waals surface area contributed by atoms with Crippen molar-refractivity contribution in [1.29, 1.82) is 0 Å². The zero-order valence-corrected chi connectivity index (χ0v) is 7.79. The molecule has 0 aromatic rings. The molecule has 0 fully saturated rings. The van der Waals surface area contributed by atoms with Gasteiger partial charge >= 0.3 is 0 Å². The van der Waals surface area contributed by atoms with Crippen molar-refractivity contribution >= 4 is 31.9 Å². The van der Waals surface area contributed by atoms with Crippen molar-refractivity contribution in [2.75, 3.05) is 0 Å². The summed E-state index contributed by atoms with van der Waals surface area (Å²) in [6.07, 6.45) is 1.92. The van der Waals surface area contributed by atoms with Crippen LogP contribution in [0.4, 0.5) is 0 Å². The Bertz CT molecular complexity index is 94.6. The molecule has 0 bridgehead atoms. The summed E-state index contributed by atoms with van der Waals surface area (Å²) in [7, 11) is 0. The molecule has 3 heteroatoms. The number of allylic oxidation sites excluding steroid dienone is 1. The molecule has 0 radical (unpaired) electrons. The first-order chi connectivity index (χ1) is 3.68. The van der Waals surface area contributed by atoms with E-state index in [4.69, 9.17) is 5.11 Å². The first-order valence-corrected chi connectivity index (χ1v) is 4.00. The zero-order chi connectivity index (χ0) is 6.57. The fraction of sp³-hybridized carbons (Fsp3) is 0.600. The maximum absolute atomic E-state index is 8.70. The van der Waals surface area contributed by atoms with E-state index in [0.717, 1.165) is 17.3 Å². The SMILES string of the molecule is CCCC(Br)=C(O)Br. The molecule has 0 unspecified atom stereocenters. The predicted octanol–water partition coefficient (Wildman–Crippen LogP) is 3.30. The minimum absolute atomic E-state index is 0.208. The lowest BCUT2D eigenvalue weighted by molar-refractivity contribution is 0.456. The number of halogens is 2. The van der Waals surface area contributed by atoms with Gasteiger partial charge in [-0.3, -0.25) is 0 Å². The van der Waals surface area contributed by atoms with E-state index in [2.05, 4.69) is 38.8 Å². The Hall–Kier alpha value is 0.500. The molecule has 0 rings (SSSR count). The fourth-order valence-corrected chi connectivity index (χ4v) is 0.917. The van der Waals surface area contributed by atoms with Gasteiger partial charge in [-0.1, -0.05) is 29.3 Å². The molecule has 0 aliphatic heterocycles. The molecule has 0 saturated heterocycles. The van der Waals surface area contributed by atoms with E-state index in [9.17, 15) is 0 Å². The fourth-order valence-electron chi connectivity index (χ4n) is 0.323. The Morgan fingerprint density at radius 3 is 2.12 bits per heavy atom. The minimum Gasteiger partial charge on any atom is -0.501 e. The summed E-state index contributed by atoms with van der Waals surface area (Å²) in [4.78, 5) is 0. The van der Waals surface area contributed by atoms with Gasteiger partial charge in [0.1, 0.15) is 0 Å². The summed E-state index contributed by atoms with van der Waals surface area (Å²) in [5.41, 5.74) is 0. The van der Waals surface area contributed by atoms with Crippen LogP contribution in [0.25, 0.3) is 0 Å². The van der Waals surface area contributed by atoms with E-state index in [0.29, 0.717) is 0 Å². The highest BCUT2D eigenvalue weighted by molar-refractivity contribution is 9.14. The van der Waals surface area contributed by atoms with Crippen molar-refractivity contribution < 1.29 is 5.11 Å². The van der Waals surface area contributed by atoms with Crippen LogP contribution >= 0.6 is 31.9 Å². The van der Waals surface area contributed by atoms with Crippen LogP contribution in [0.1, 0.15) is 19.8 Å². The average molecular weight is 244 g/mol. The largest absolute Gasteiger partial charge is 0.501 e. The van der Waals surface area contributed by atoms with Crippen molar-refractivity contribution in [1.82, 2.24) is 0 Å². The minimum atomic E-state index is 0.208. The van der Waals surface area contributed by atoms with Gasteiger partial charge in [-0.05, 0) is 22.4 Å². The van der Waals surface area contributed by atoms with Crippen LogP contribution in [0.2, 0.25) is 0 Å². The highest BCUT2D eigenvalue weighted by Gasteiger charge is 1.94. The van der Waals surface area contributed by atoms with Gasteiger partial charge in [0.05, 0.1) is 0 Å². The Kier molecular flexibility index (Phi) is 4.66. The summed E-state index contributed by atoms with van der Waals surface area (Å²) in [5, 5.41) is 8.70. The number of aliphatic hydroxyl groups is 1. The molecule has 8 heavy (non-hydrogen) atoms. The molecule has 0 heterocycles. The van der Waals surface area contributed by atoms with E-state index in [1.54, 1.807) is 0 Å². The predicted molar refractivity (Wildman–Crippen MR) is 42.4 cm³/mol. The number of hydrogen-bond donors (Lipinski definition) is 1. The Labute approximate surface area is 66.0 Å². The third-order valence-electron chi connectivity index (χ3n) is 0.693. The summed E-state index contributed by atoms with van der Waals surface area (Å²) < 4.78 is 1.04. The first-order valence-electron chi connectivity index (χ1n) is 2.41. The lowest BCUT2D eigenvalue weighted by atomic mass is 10.3. The Balaban J connectivity index is 3.62. The third-order valence-corrected chi connectivity index (χ3v) is 2.48. The second-order valence-electron chi connectivity index (χ2n) is 1.45. The summed E-state index contributed by atoms with van der Waals surface area (Å²) in [5.74, 6) is 0. The summed E-state index contributed by atoms with van der Waals surface area (Å²) in [6, 6.07) is 0. The van der Waals surface area contributed by atoms with Gasteiger partial charge in [-0.15, -0.1) is 0 Å². The summed E-state index contributed by atoms with van der Waals surface area (Å²) >= 11 is 6.11. The smallest absolute Gasteiger partial charge is 0.169 e. The molecule has 0 aliphatic carbocycles. The van der Waals surface area contributed by atoms with Gasteiger partial charge in [0, 0.05) is 4.48 Å². The second-order valence-corrected chi connectivity index (χ2v) is 3.15. The Morgan fingerprint density at radius 2 is 2.00 bits per heavy atom. The van der Waals surface area contributed by atoms with Crippen molar-refractivity contribution in [2.45, 2.75) is 19.8 Å². The van der Waals surface area contributed by atoms with Crippen LogP contribution < -0.4 is 0 Å². The van der Waals surface area contributed by atoms with Gasteiger partial charge in [-0.25, -0.2) is 0 Å². The molecule has 0 aromatic heterocycles. The summed E-state index contributed by atoms with van der Waals surface area (Å²) in [6.45, 7) is 2.05. The van der Waals surface area contributed by atoms with Crippen molar-refractivity contribution in [2.24, 2.45) is 0 Å². The van der Waals surface area contributed by atoms with E-state index in [1.807, 2.05) is 0 Å². The lowest BCUT2D eigenvalue weighted by Crippen LogP contribution is -1.73. The van der Waals surface area contributed by atoms with Crippen LogP contribution in [0.5, 0.6) is 0 Å². The molecule has 1 N–H and O–H groups in total. The van der Waals surface area contributed by atoms with Gasteiger partial charge in [-0.2, -0.15) is 0 Å². The molecule has 48 valence electrons. The van der Waals surface area contributed by atoms with E-state index in [-0.39, 0.29) is 4.67 Å². The molecule has 0 amide bonds. The van der Waals surface area contributed by atoms with E-state index < -0.39 is 0 Å². The maximum atomic E-state index is 8.70. The topological polar surface area (TPSA) is 20.2 Å². The van der Waals surface area contributed by atoms with Crippen LogP contribution in [0, 0.1) is 0 Å². The molecule has 0 saturated carbocycles. The second kappa shape index (κ2) is 4.39. The van der Waals surface area contributed by atoms with Crippen LogP contribution in [-0.4, -0.2) is 5.11 Å². The first kappa shape index (κ1) is 8.50. The van der Waals surface area contributed by atoms with Gasteiger partial charge in [0.2, 0.25) is 0 Å². The molecule has 0 spiro atoms. The zero-order valence-electron chi connectivity index (χ0n) is 4.62. The molecule has 1 nitrogen and oxygen atoms in total. The molecule has 0 aliphatic rings. The van der Waals surface area contributed by atoms with E-state index >= 15 is 0 Å². The van der Waals surface area contributed by atoms with Gasteiger partial charge < -0.3 is 5.11 Å². The number of aliphatic hydroxyl groups excluding tert-OH is 1. The lowest BCUT2D eigenvalue weighted by Gasteiger charge is -1.92. The van der Waals surface area contributed by atoms with Crippen molar-refractivity contribution in [3.63, 3.8) is 0 Å². The van der Waals surface area contributed by atoms with Crippen molar-refractivity contribution in [3.05, 3.63) is 9.15 Å². The van der Waals surface area contributed by atoms with E-state index in [1.165, 1.54) is 0 Å². The third kappa shape index (κ3) is 3.50. The number of rotatable bonds is 2. The average Bonchev–Trinajstić information content (AvgIpc) is 1.67. The standard InChI is InChI=1S/C5H8Br2O/c1-2-3-4(6)5(7)8/h8H,2-3H2,1H3. The quantitative estimate of drug-likeness (QED) is 0.738. The van der Waals surface area contributed by atoms with Crippen LogP contribution in [-0.2, 0) is 0 Å². The van der Waals surface area contributed by atoms with Crippen LogP contribution in [0.15, 0.2) is 9.15 Å². The normalized spacial score (nSPS) is 13.4. The van der Waals surface area contributed by atoms with Gasteiger partial charge in [0.25, 0.3) is 0 Å². The molecular formula is C5H8Br2O. The molecular weight excluding hydrogens is 236 g/mol. The van der Waals surface area contributed by atoms with Crippen LogP contribution in [0.3, 0.4) is 0 Å². The number of hydrogen-bond acceptors (Lipinski definition) is 1. The molecule has 0 aromatic carbocycles. The van der Waals surface area contributed by atoms with Crippen molar-refractivity contribution in [3.8, 4) is 0 Å². The highest BCUT2D eigenvalue weighted by Crippen LogP contribution is 2.19. The van der Waals surface area contributed by atoms with Gasteiger partial charge in [0.15, 0.2) is 4.67 Å². The monoisotopic (exact) mass is 242 g/mol. The Morgan fingerprint density at radius 1 is 1.50 bits per heavy atom.